The van der Waals surface area contributed by atoms with Crippen molar-refractivity contribution in [2.24, 2.45) is 5.92 Å². The van der Waals surface area contributed by atoms with E-state index in [4.69, 9.17) is 0 Å². The van der Waals surface area contributed by atoms with Gasteiger partial charge in [-0.3, -0.25) is 0 Å². The highest BCUT2D eigenvalue weighted by Gasteiger charge is 2.26. The predicted molar refractivity (Wildman–Crippen MR) is 73.4 cm³/mol. The Bertz CT molecular complexity index is 442. The number of benzene rings is 1. The number of para-hydroxylation sites is 1. The second-order valence-corrected chi connectivity index (χ2v) is 5.17. The molecule has 3 nitrogen and oxygen atoms in total. The van der Waals surface area contributed by atoms with Crippen LogP contribution in [-0.2, 0) is 0 Å². The van der Waals surface area contributed by atoms with Gasteiger partial charge in [-0.25, -0.2) is 4.79 Å². The van der Waals surface area contributed by atoms with Crippen molar-refractivity contribution in [3.05, 3.63) is 29.3 Å². The second-order valence-electron chi connectivity index (χ2n) is 5.17. The monoisotopic (exact) mass is 247 g/mol. The maximum absolute atomic E-state index is 11.3. The van der Waals surface area contributed by atoms with Gasteiger partial charge in [-0.1, -0.05) is 25.5 Å². The highest BCUT2D eigenvalue weighted by atomic mass is 16.4. The molecule has 0 radical (unpaired) electrons. The van der Waals surface area contributed by atoms with Crippen LogP contribution in [0.25, 0.3) is 0 Å². The molecule has 0 bridgehead atoms. The summed E-state index contributed by atoms with van der Waals surface area (Å²) in [5.74, 6) is -0.108. The summed E-state index contributed by atoms with van der Waals surface area (Å²) in [7, 11) is 0. The molecule has 1 N–H and O–H groups in total. The Kier molecular flexibility index (Phi) is 3.90. The number of carboxylic acids is 1. The Morgan fingerprint density at radius 2 is 2.28 bits per heavy atom. The summed E-state index contributed by atoms with van der Waals surface area (Å²) in [4.78, 5) is 13.6. The first-order valence-electron chi connectivity index (χ1n) is 6.71. The molecule has 1 fully saturated rings. The normalized spacial score (nSPS) is 19.2. The predicted octanol–water partition coefficient (Wildman–Crippen LogP) is 3.32. The zero-order valence-corrected chi connectivity index (χ0v) is 11.1. The third-order valence-electron chi connectivity index (χ3n) is 3.77. The van der Waals surface area contributed by atoms with Crippen LogP contribution in [0.2, 0.25) is 0 Å². The summed E-state index contributed by atoms with van der Waals surface area (Å²) in [5.41, 5.74) is 2.42. The molecular weight excluding hydrogens is 226 g/mol. The number of rotatable bonds is 4. The summed E-state index contributed by atoms with van der Waals surface area (Å²) in [6.45, 7) is 6.18. The first kappa shape index (κ1) is 12.9. The van der Waals surface area contributed by atoms with Gasteiger partial charge in [-0.2, -0.15) is 0 Å². The summed E-state index contributed by atoms with van der Waals surface area (Å²) in [5, 5.41) is 9.29. The lowest BCUT2D eigenvalue weighted by atomic mass is 10.0. The van der Waals surface area contributed by atoms with Crippen molar-refractivity contribution >= 4 is 11.7 Å². The minimum atomic E-state index is -0.826. The number of nitrogens with zero attached hydrogens (tertiary/aromatic N) is 1. The maximum Gasteiger partial charge on any atom is 0.337 e. The molecule has 0 spiro atoms. The van der Waals surface area contributed by atoms with Crippen LogP contribution in [0.1, 0.15) is 42.1 Å². The van der Waals surface area contributed by atoms with Crippen molar-refractivity contribution in [2.75, 3.05) is 18.0 Å². The molecule has 1 aliphatic heterocycles. The zero-order valence-electron chi connectivity index (χ0n) is 11.1. The van der Waals surface area contributed by atoms with Crippen molar-refractivity contribution in [1.29, 1.82) is 0 Å². The van der Waals surface area contributed by atoms with Crippen molar-refractivity contribution in [3.63, 3.8) is 0 Å². The fourth-order valence-electron chi connectivity index (χ4n) is 2.93. The van der Waals surface area contributed by atoms with E-state index in [1.54, 1.807) is 6.07 Å². The molecule has 1 aromatic rings. The summed E-state index contributed by atoms with van der Waals surface area (Å²) >= 11 is 0. The van der Waals surface area contributed by atoms with E-state index < -0.39 is 5.97 Å². The van der Waals surface area contributed by atoms with E-state index in [2.05, 4.69) is 11.8 Å². The number of carboxylic acid groups (broad SMARTS) is 1. The average Bonchev–Trinajstić information content (AvgIpc) is 2.77. The Morgan fingerprint density at radius 1 is 1.50 bits per heavy atom. The number of anilines is 1. The molecule has 1 atom stereocenters. The molecule has 18 heavy (non-hydrogen) atoms. The van der Waals surface area contributed by atoms with Gasteiger partial charge in [0.1, 0.15) is 0 Å². The lowest BCUT2D eigenvalue weighted by Gasteiger charge is -2.23. The van der Waals surface area contributed by atoms with Gasteiger partial charge < -0.3 is 10.0 Å². The lowest BCUT2D eigenvalue weighted by Crippen LogP contribution is -2.23. The van der Waals surface area contributed by atoms with E-state index in [1.807, 2.05) is 19.1 Å². The average molecular weight is 247 g/mol. The Balaban J connectivity index is 2.26. The molecule has 1 aromatic carbocycles. The van der Waals surface area contributed by atoms with Gasteiger partial charge in [0.2, 0.25) is 0 Å². The molecule has 3 heteroatoms. The van der Waals surface area contributed by atoms with Crippen molar-refractivity contribution < 1.29 is 9.90 Å². The summed E-state index contributed by atoms with van der Waals surface area (Å²) in [6.07, 6.45) is 3.63. The molecule has 0 aromatic heterocycles. The topological polar surface area (TPSA) is 40.5 Å². The molecule has 0 amide bonds. The Morgan fingerprint density at radius 3 is 2.94 bits per heavy atom. The van der Waals surface area contributed by atoms with Gasteiger partial charge in [0.15, 0.2) is 0 Å². The van der Waals surface area contributed by atoms with Gasteiger partial charge in [0, 0.05) is 13.1 Å². The summed E-state index contributed by atoms with van der Waals surface area (Å²) in [6, 6.07) is 5.52. The van der Waals surface area contributed by atoms with Gasteiger partial charge in [0.05, 0.1) is 11.3 Å². The molecule has 1 unspecified atom stereocenters. The van der Waals surface area contributed by atoms with E-state index >= 15 is 0 Å². The molecule has 98 valence electrons. The zero-order chi connectivity index (χ0) is 13.1. The van der Waals surface area contributed by atoms with Gasteiger partial charge >= 0.3 is 5.97 Å². The standard InChI is InChI=1S/C15H21NO2/c1-3-5-12-8-9-16(10-12)14-11(2)6-4-7-13(14)15(17)18/h4,6-7,12H,3,5,8-10H2,1-2H3,(H,17,18). The lowest BCUT2D eigenvalue weighted by molar-refractivity contribution is 0.0697. The van der Waals surface area contributed by atoms with E-state index in [0.717, 1.165) is 30.3 Å². The van der Waals surface area contributed by atoms with Crippen molar-refractivity contribution in [2.45, 2.75) is 33.1 Å². The van der Waals surface area contributed by atoms with Crippen LogP contribution >= 0.6 is 0 Å². The van der Waals surface area contributed by atoms with E-state index in [1.165, 1.54) is 19.3 Å². The molecule has 1 saturated heterocycles. The number of carbonyl (C=O) groups is 1. The fourth-order valence-corrected chi connectivity index (χ4v) is 2.93. The SMILES string of the molecule is CCCC1CCN(c2c(C)cccc2C(=O)O)C1. The highest BCUT2D eigenvalue weighted by Crippen LogP contribution is 2.31. The first-order chi connectivity index (χ1) is 8.63. The molecular formula is C15H21NO2. The largest absolute Gasteiger partial charge is 0.478 e. The van der Waals surface area contributed by atoms with Gasteiger partial charge in [-0.05, 0) is 37.3 Å². The third-order valence-corrected chi connectivity index (χ3v) is 3.77. The molecule has 2 rings (SSSR count). The van der Waals surface area contributed by atoms with Crippen LogP contribution in [0.5, 0.6) is 0 Å². The quantitative estimate of drug-likeness (QED) is 0.887. The molecule has 0 saturated carbocycles. The maximum atomic E-state index is 11.3. The number of hydrogen-bond donors (Lipinski definition) is 1. The van der Waals surface area contributed by atoms with Crippen LogP contribution in [0.15, 0.2) is 18.2 Å². The van der Waals surface area contributed by atoms with Crippen LogP contribution in [0.4, 0.5) is 5.69 Å². The van der Waals surface area contributed by atoms with E-state index in [9.17, 15) is 9.90 Å². The van der Waals surface area contributed by atoms with Gasteiger partial charge in [0.25, 0.3) is 0 Å². The molecule has 0 aliphatic carbocycles. The first-order valence-corrected chi connectivity index (χ1v) is 6.71. The molecule has 1 heterocycles. The summed E-state index contributed by atoms with van der Waals surface area (Å²) < 4.78 is 0. The minimum Gasteiger partial charge on any atom is -0.478 e. The van der Waals surface area contributed by atoms with E-state index in [0.29, 0.717) is 5.56 Å². The number of aromatic carboxylic acids is 1. The van der Waals surface area contributed by atoms with Gasteiger partial charge in [-0.15, -0.1) is 0 Å². The Hall–Kier alpha value is -1.51. The van der Waals surface area contributed by atoms with Crippen LogP contribution in [0.3, 0.4) is 0 Å². The number of hydrogen-bond acceptors (Lipinski definition) is 2. The number of aryl methyl sites for hydroxylation is 1. The second kappa shape index (κ2) is 5.42. The fraction of sp³-hybridized carbons (Fsp3) is 0.533. The van der Waals surface area contributed by atoms with Crippen LogP contribution < -0.4 is 4.90 Å². The van der Waals surface area contributed by atoms with E-state index in [-0.39, 0.29) is 0 Å². The minimum absolute atomic E-state index is 0.437. The molecule has 1 aliphatic rings. The van der Waals surface area contributed by atoms with Crippen molar-refractivity contribution in [3.8, 4) is 0 Å². The third kappa shape index (κ3) is 2.50. The van der Waals surface area contributed by atoms with Crippen LogP contribution in [-0.4, -0.2) is 24.2 Å². The van der Waals surface area contributed by atoms with Crippen molar-refractivity contribution in [1.82, 2.24) is 0 Å². The van der Waals surface area contributed by atoms with Crippen LogP contribution in [0, 0.1) is 12.8 Å². The smallest absolute Gasteiger partial charge is 0.337 e. The highest BCUT2D eigenvalue weighted by molar-refractivity contribution is 5.95. The Labute approximate surface area is 108 Å².